The zero-order chi connectivity index (χ0) is 18.6. The molecule has 140 valence electrons. The summed E-state index contributed by atoms with van der Waals surface area (Å²) in [4.78, 5) is 14.0. The van der Waals surface area contributed by atoms with Crippen LogP contribution in [0.15, 0.2) is 54.6 Å². The zero-order valence-corrected chi connectivity index (χ0v) is 15.9. The van der Waals surface area contributed by atoms with Crippen molar-refractivity contribution in [2.75, 3.05) is 30.8 Å². The lowest BCUT2D eigenvalue weighted by molar-refractivity contribution is 0.143. The molecule has 1 aliphatic rings. The highest BCUT2D eigenvalue weighted by Gasteiger charge is 2.24. The van der Waals surface area contributed by atoms with Gasteiger partial charge in [0.05, 0.1) is 5.52 Å². The van der Waals surface area contributed by atoms with E-state index in [2.05, 4.69) is 52.2 Å². The number of aromatic nitrogens is 2. The van der Waals surface area contributed by atoms with E-state index in [0.29, 0.717) is 17.8 Å². The molecule has 2 N–H and O–H groups in total. The summed E-state index contributed by atoms with van der Waals surface area (Å²) in [5, 5.41) is 0.915. The quantitative estimate of drug-likeness (QED) is 0.751. The number of anilines is 2. The van der Waals surface area contributed by atoms with E-state index in [1.165, 1.54) is 24.8 Å². The van der Waals surface area contributed by atoms with Gasteiger partial charge in [0.25, 0.3) is 0 Å². The fraction of sp³-hybridized carbons (Fsp3) is 0.364. The van der Waals surface area contributed by atoms with Crippen molar-refractivity contribution in [2.45, 2.75) is 31.8 Å². The molecule has 1 aliphatic heterocycles. The highest BCUT2D eigenvalue weighted by molar-refractivity contribution is 5.88. The van der Waals surface area contributed by atoms with Crippen molar-refractivity contribution in [3.63, 3.8) is 0 Å². The maximum absolute atomic E-state index is 6.17. The zero-order valence-electron chi connectivity index (χ0n) is 15.9. The molecule has 0 radical (unpaired) electrons. The average Bonchev–Trinajstić information content (AvgIpc) is 2.70. The van der Waals surface area contributed by atoms with Crippen molar-refractivity contribution in [1.82, 2.24) is 14.9 Å². The third kappa shape index (κ3) is 4.03. The Hall–Kier alpha value is -2.66. The van der Waals surface area contributed by atoms with Crippen LogP contribution >= 0.6 is 0 Å². The van der Waals surface area contributed by atoms with Crippen molar-refractivity contribution in [3.8, 4) is 0 Å². The lowest BCUT2D eigenvalue weighted by Gasteiger charge is -2.38. The van der Waals surface area contributed by atoms with Gasteiger partial charge >= 0.3 is 0 Å². The van der Waals surface area contributed by atoms with E-state index in [-0.39, 0.29) is 0 Å². The molecule has 1 atom stereocenters. The van der Waals surface area contributed by atoms with Gasteiger partial charge in [0.2, 0.25) is 5.95 Å². The van der Waals surface area contributed by atoms with Crippen molar-refractivity contribution in [3.05, 3.63) is 60.2 Å². The second-order valence-electron chi connectivity index (χ2n) is 7.41. The van der Waals surface area contributed by atoms with Gasteiger partial charge in [-0.15, -0.1) is 0 Å². The number of para-hydroxylation sites is 1. The maximum atomic E-state index is 6.17. The monoisotopic (exact) mass is 361 g/mol. The van der Waals surface area contributed by atoms with Crippen molar-refractivity contribution >= 4 is 22.7 Å². The number of nitrogens with two attached hydrogens (primary N) is 1. The number of hydrogen-bond acceptors (Lipinski definition) is 5. The fourth-order valence-electron chi connectivity index (χ4n) is 3.95. The first-order valence-corrected chi connectivity index (χ1v) is 9.72. The van der Waals surface area contributed by atoms with Crippen molar-refractivity contribution in [2.24, 2.45) is 0 Å². The summed E-state index contributed by atoms with van der Waals surface area (Å²) in [5.41, 5.74) is 8.44. The van der Waals surface area contributed by atoms with E-state index in [4.69, 9.17) is 10.7 Å². The Morgan fingerprint density at radius 2 is 1.81 bits per heavy atom. The number of nitrogen functional groups attached to an aromatic ring is 1. The Morgan fingerprint density at radius 3 is 2.67 bits per heavy atom. The third-order valence-corrected chi connectivity index (χ3v) is 5.42. The van der Waals surface area contributed by atoms with Crippen molar-refractivity contribution in [1.29, 1.82) is 0 Å². The van der Waals surface area contributed by atoms with Crippen LogP contribution in [0.1, 0.15) is 24.8 Å². The molecular weight excluding hydrogens is 334 g/mol. The maximum Gasteiger partial charge on any atom is 0.227 e. The molecule has 27 heavy (non-hydrogen) atoms. The Bertz CT molecular complexity index is 896. The van der Waals surface area contributed by atoms with E-state index in [1.54, 1.807) is 0 Å². The largest absolute Gasteiger partial charge is 0.383 e. The highest BCUT2D eigenvalue weighted by atomic mass is 15.3. The minimum absolute atomic E-state index is 0.500. The van der Waals surface area contributed by atoms with Crippen LogP contribution in [-0.2, 0) is 6.54 Å². The Balaban J connectivity index is 1.51. The van der Waals surface area contributed by atoms with E-state index in [1.807, 2.05) is 24.3 Å². The predicted octanol–water partition coefficient (Wildman–Crippen LogP) is 3.70. The molecule has 2 aromatic carbocycles. The summed E-state index contributed by atoms with van der Waals surface area (Å²) in [6, 6.07) is 19.1. The fourth-order valence-corrected chi connectivity index (χ4v) is 3.95. The molecule has 0 amide bonds. The second-order valence-corrected chi connectivity index (χ2v) is 7.41. The summed E-state index contributed by atoms with van der Waals surface area (Å²) < 4.78 is 0. The summed E-state index contributed by atoms with van der Waals surface area (Å²) in [6.07, 6.45) is 3.76. The van der Waals surface area contributed by atoms with Gasteiger partial charge in [0.1, 0.15) is 5.82 Å². The van der Waals surface area contributed by atoms with E-state index >= 15 is 0 Å². The SMILES string of the molecule is CN(C[C@@H]1CCCCN1Cc1ccccc1)c1nc(N)c2ccccc2n1. The topological polar surface area (TPSA) is 58.3 Å². The van der Waals surface area contributed by atoms with Crippen molar-refractivity contribution < 1.29 is 0 Å². The number of rotatable bonds is 5. The number of likely N-dealkylation sites (N-methyl/N-ethyl adjacent to an activating group) is 1. The first-order valence-electron chi connectivity index (χ1n) is 9.72. The van der Waals surface area contributed by atoms with Crippen LogP contribution in [-0.4, -0.2) is 41.0 Å². The van der Waals surface area contributed by atoms with Gasteiger partial charge in [-0.1, -0.05) is 48.9 Å². The molecule has 0 spiro atoms. The predicted molar refractivity (Wildman–Crippen MR) is 112 cm³/mol. The van der Waals surface area contributed by atoms with E-state index in [0.717, 1.165) is 30.5 Å². The first kappa shape index (κ1) is 17.7. The molecule has 0 bridgehead atoms. The summed E-state index contributed by atoms with van der Waals surface area (Å²) in [7, 11) is 2.07. The minimum atomic E-state index is 0.500. The van der Waals surface area contributed by atoms with Gasteiger partial charge in [0, 0.05) is 31.6 Å². The first-order chi connectivity index (χ1) is 13.2. The average molecular weight is 361 g/mol. The molecule has 2 heterocycles. The molecular formula is C22H27N5. The van der Waals surface area contributed by atoms with Crippen LogP contribution in [0.25, 0.3) is 10.9 Å². The third-order valence-electron chi connectivity index (χ3n) is 5.42. The lowest BCUT2D eigenvalue weighted by Crippen LogP contribution is -2.45. The van der Waals surface area contributed by atoms with Crippen LogP contribution in [0.5, 0.6) is 0 Å². The standard InChI is InChI=1S/C22H27N5/c1-26(22-24-20-13-6-5-12-19(20)21(23)25-22)16-18-11-7-8-14-27(18)15-17-9-3-2-4-10-17/h2-6,9-10,12-13,18H,7-8,11,14-16H2,1H3,(H2,23,24,25)/t18-/m0/s1. The molecule has 3 aromatic rings. The van der Waals surface area contributed by atoms with Gasteiger partial charge in [-0.3, -0.25) is 4.90 Å². The van der Waals surface area contributed by atoms with Gasteiger partial charge in [-0.2, -0.15) is 4.98 Å². The van der Waals surface area contributed by atoms with E-state index in [9.17, 15) is 0 Å². The molecule has 0 aliphatic carbocycles. The number of fused-ring (bicyclic) bond motifs is 1. The van der Waals surface area contributed by atoms with Crippen LogP contribution in [0.4, 0.5) is 11.8 Å². The molecule has 5 heteroatoms. The van der Waals surface area contributed by atoms with E-state index < -0.39 is 0 Å². The number of benzene rings is 2. The lowest BCUT2D eigenvalue weighted by atomic mass is 10.0. The van der Waals surface area contributed by atoms with Gasteiger partial charge in [0.15, 0.2) is 0 Å². The van der Waals surface area contributed by atoms with Gasteiger partial charge in [-0.25, -0.2) is 4.98 Å². The molecule has 0 unspecified atom stereocenters. The van der Waals surface area contributed by atoms with Crippen LogP contribution in [0.2, 0.25) is 0 Å². The number of piperidine rings is 1. The molecule has 1 aromatic heterocycles. The van der Waals surface area contributed by atoms with Gasteiger partial charge in [-0.05, 0) is 37.1 Å². The molecule has 0 saturated carbocycles. The van der Waals surface area contributed by atoms with Gasteiger partial charge < -0.3 is 10.6 Å². The molecule has 5 nitrogen and oxygen atoms in total. The Kier molecular flexibility index (Phi) is 5.21. The van der Waals surface area contributed by atoms with Crippen LogP contribution < -0.4 is 10.6 Å². The second kappa shape index (κ2) is 7.92. The number of likely N-dealkylation sites (tertiary alicyclic amines) is 1. The van der Waals surface area contributed by atoms with Crippen LogP contribution in [0, 0.1) is 0 Å². The molecule has 4 rings (SSSR count). The number of nitrogens with zero attached hydrogens (tertiary/aromatic N) is 4. The summed E-state index contributed by atoms with van der Waals surface area (Å²) in [6.45, 7) is 3.05. The molecule has 1 fully saturated rings. The Labute approximate surface area is 160 Å². The summed E-state index contributed by atoms with van der Waals surface area (Å²) >= 11 is 0. The Morgan fingerprint density at radius 1 is 1.04 bits per heavy atom. The summed E-state index contributed by atoms with van der Waals surface area (Å²) in [5.74, 6) is 1.25. The normalized spacial score (nSPS) is 17.9. The number of hydrogen-bond donors (Lipinski definition) is 1. The smallest absolute Gasteiger partial charge is 0.227 e. The highest BCUT2D eigenvalue weighted by Crippen LogP contribution is 2.24. The molecule has 1 saturated heterocycles. The van der Waals surface area contributed by atoms with Crippen LogP contribution in [0.3, 0.4) is 0 Å². The minimum Gasteiger partial charge on any atom is -0.383 e.